The first-order chi connectivity index (χ1) is 16.9. The van der Waals surface area contributed by atoms with E-state index in [4.69, 9.17) is 14.9 Å². The van der Waals surface area contributed by atoms with Crippen molar-refractivity contribution in [3.63, 3.8) is 0 Å². The average molecular weight is 494 g/mol. The summed E-state index contributed by atoms with van der Waals surface area (Å²) in [5.74, 6) is 0.878. The molecule has 0 saturated carbocycles. The third kappa shape index (κ3) is 6.69. The number of hydrogen-bond donors (Lipinski definition) is 2. The number of rotatable bonds is 12. The summed E-state index contributed by atoms with van der Waals surface area (Å²) in [5, 5.41) is 0.804. The van der Waals surface area contributed by atoms with Gasteiger partial charge in [0.25, 0.3) is 0 Å². The van der Waals surface area contributed by atoms with E-state index in [2.05, 4.69) is 9.71 Å². The molecule has 0 fully saturated rings. The van der Waals surface area contributed by atoms with Crippen LogP contribution in [0, 0.1) is 6.92 Å². The Balaban J connectivity index is 1.36. The van der Waals surface area contributed by atoms with Gasteiger partial charge < -0.3 is 14.9 Å². The van der Waals surface area contributed by atoms with Crippen LogP contribution in [0.4, 0.5) is 0 Å². The second kappa shape index (κ2) is 11.5. The highest BCUT2D eigenvalue weighted by molar-refractivity contribution is 7.88. The van der Waals surface area contributed by atoms with Crippen LogP contribution in [0.15, 0.2) is 77.5 Å². The maximum absolute atomic E-state index is 12.7. The number of hydrogen-bond acceptors (Lipinski definition) is 6. The van der Waals surface area contributed by atoms with Crippen LogP contribution in [-0.2, 0) is 22.2 Å². The van der Waals surface area contributed by atoms with Crippen molar-refractivity contribution >= 4 is 21.0 Å². The number of nitrogens with two attached hydrogens (primary N) is 1. The molecule has 1 unspecified atom stereocenters. The molecule has 35 heavy (non-hydrogen) atoms. The second-order valence-corrected chi connectivity index (χ2v) is 10.4. The summed E-state index contributed by atoms with van der Waals surface area (Å²) in [6, 6.07) is 19.1. The maximum Gasteiger partial charge on any atom is 0.218 e. The third-order valence-corrected chi connectivity index (χ3v) is 7.23. The monoisotopic (exact) mass is 493 g/mol. The topological polar surface area (TPSA) is 107 Å². The lowest BCUT2D eigenvalue weighted by Crippen LogP contribution is -2.27. The molecule has 2 aromatic carbocycles. The first-order valence-electron chi connectivity index (χ1n) is 11.7. The Labute approximate surface area is 206 Å². The van der Waals surface area contributed by atoms with E-state index in [9.17, 15) is 8.42 Å². The Bertz CT molecular complexity index is 1340. The molecule has 0 aliphatic heterocycles. The normalized spacial score (nSPS) is 12.6. The van der Waals surface area contributed by atoms with Crippen LogP contribution in [0.1, 0.15) is 41.3 Å². The molecule has 2 aromatic heterocycles. The Kier molecular flexibility index (Phi) is 8.17. The van der Waals surface area contributed by atoms with Crippen molar-refractivity contribution in [1.29, 1.82) is 0 Å². The number of nitrogens with zero attached hydrogens (tertiary/aromatic N) is 1. The van der Waals surface area contributed by atoms with Gasteiger partial charge in [-0.15, -0.1) is 0 Å². The molecule has 4 rings (SSSR count). The number of furan rings is 1. The molecule has 3 N–H and O–H groups in total. The number of sulfonamides is 1. The first kappa shape index (κ1) is 24.9. The molecule has 0 spiro atoms. The third-order valence-electron chi connectivity index (χ3n) is 5.94. The number of ether oxygens (including phenoxy) is 1. The van der Waals surface area contributed by atoms with E-state index in [0.29, 0.717) is 36.7 Å². The van der Waals surface area contributed by atoms with Crippen molar-refractivity contribution in [3.8, 4) is 5.75 Å². The molecule has 184 valence electrons. The standard InChI is InChI=1S/C27H31N3O4S/c1-20-26(19-35(31,32)30-16-14-21-8-3-2-4-9-21)34-25-13-5-12-24(27(20)25)33-17-7-11-23(28)22-10-6-15-29-18-22/h2-6,8-10,12-13,15,18,23,30H,7,11,14,16-17,19,28H2,1H3. The number of pyridine rings is 1. The molecule has 0 radical (unpaired) electrons. The van der Waals surface area contributed by atoms with Crippen molar-refractivity contribution in [2.24, 2.45) is 5.73 Å². The van der Waals surface area contributed by atoms with Gasteiger partial charge in [-0.2, -0.15) is 0 Å². The molecule has 0 amide bonds. The number of fused-ring (bicyclic) bond motifs is 1. The van der Waals surface area contributed by atoms with Crippen molar-refractivity contribution < 1.29 is 17.6 Å². The molecule has 7 nitrogen and oxygen atoms in total. The van der Waals surface area contributed by atoms with E-state index in [-0.39, 0.29) is 11.8 Å². The molecule has 0 saturated heterocycles. The summed E-state index contributed by atoms with van der Waals surface area (Å²) in [6.07, 6.45) is 5.68. The molecule has 8 heteroatoms. The number of nitrogens with one attached hydrogen (secondary N) is 1. The molecular formula is C27H31N3O4S. The van der Waals surface area contributed by atoms with E-state index in [0.717, 1.165) is 34.9 Å². The molecule has 4 aromatic rings. The van der Waals surface area contributed by atoms with Gasteiger partial charge in [-0.3, -0.25) is 4.98 Å². The summed E-state index contributed by atoms with van der Waals surface area (Å²) < 4.78 is 40.0. The summed E-state index contributed by atoms with van der Waals surface area (Å²) in [5.41, 5.74) is 9.72. The fraction of sp³-hybridized carbons (Fsp3) is 0.296. The maximum atomic E-state index is 12.7. The lowest BCUT2D eigenvalue weighted by molar-refractivity contribution is 0.305. The van der Waals surface area contributed by atoms with Gasteiger partial charge >= 0.3 is 0 Å². The SMILES string of the molecule is Cc1c(CS(=O)(=O)NCCc2ccccc2)oc2cccc(OCCCC(N)c3cccnc3)c12. The van der Waals surface area contributed by atoms with Crippen LogP contribution in [-0.4, -0.2) is 26.6 Å². The van der Waals surface area contributed by atoms with Gasteiger partial charge in [-0.1, -0.05) is 42.5 Å². The van der Waals surface area contributed by atoms with Gasteiger partial charge in [-0.25, -0.2) is 13.1 Å². The van der Waals surface area contributed by atoms with Crippen molar-refractivity contribution in [2.45, 2.75) is 38.0 Å². The highest BCUT2D eigenvalue weighted by Gasteiger charge is 2.20. The van der Waals surface area contributed by atoms with Crippen LogP contribution in [0.25, 0.3) is 11.0 Å². The molecule has 0 aliphatic rings. The van der Waals surface area contributed by atoms with Gasteiger partial charge in [-0.05, 0) is 55.5 Å². The van der Waals surface area contributed by atoms with Crippen molar-refractivity contribution in [3.05, 3.63) is 95.5 Å². The number of aryl methyl sites for hydroxylation is 1. The van der Waals surface area contributed by atoms with Crippen molar-refractivity contribution in [2.75, 3.05) is 13.2 Å². The summed E-state index contributed by atoms with van der Waals surface area (Å²) >= 11 is 0. The lowest BCUT2D eigenvalue weighted by Gasteiger charge is -2.12. The zero-order chi connectivity index (χ0) is 24.7. The molecule has 1 atom stereocenters. The molecular weight excluding hydrogens is 462 g/mol. The fourth-order valence-corrected chi connectivity index (χ4v) is 5.17. The van der Waals surface area contributed by atoms with Gasteiger partial charge in [0.15, 0.2) is 0 Å². The van der Waals surface area contributed by atoms with E-state index in [1.54, 1.807) is 12.4 Å². The van der Waals surface area contributed by atoms with Crippen molar-refractivity contribution in [1.82, 2.24) is 9.71 Å². The van der Waals surface area contributed by atoms with Gasteiger partial charge in [0.2, 0.25) is 10.0 Å². The van der Waals surface area contributed by atoms with Crippen LogP contribution >= 0.6 is 0 Å². The predicted octanol–water partition coefficient (Wildman–Crippen LogP) is 4.66. The Hall–Kier alpha value is -3.20. The molecule has 0 aliphatic carbocycles. The van der Waals surface area contributed by atoms with Crippen LogP contribution in [0.3, 0.4) is 0 Å². The van der Waals surface area contributed by atoms with E-state index in [1.165, 1.54) is 0 Å². The van der Waals surface area contributed by atoms with E-state index >= 15 is 0 Å². The van der Waals surface area contributed by atoms with Gasteiger partial charge in [0.05, 0.1) is 12.0 Å². The minimum atomic E-state index is -3.55. The Morgan fingerprint density at radius 2 is 1.91 bits per heavy atom. The van der Waals surface area contributed by atoms with Gasteiger partial charge in [0, 0.05) is 30.5 Å². The highest BCUT2D eigenvalue weighted by Crippen LogP contribution is 2.34. The van der Waals surface area contributed by atoms with Crippen LogP contribution < -0.4 is 15.2 Å². The van der Waals surface area contributed by atoms with E-state index < -0.39 is 10.0 Å². The first-order valence-corrected chi connectivity index (χ1v) is 13.4. The average Bonchev–Trinajstić information content (AvgIpc) is 3.17. The van der Waals surface area contributed by atoms with Crippen LogP contribution in [0.5, 0.6) is 5.75 Å². The highest BCUT2D eigenvalue weighted by atomic mass is 32.2. The number of benzene rings is 2. The second-order valence-electron chi connectivity index (χ2n) is 8.55. The van der Waals surface area contributed by atoms with Gasteiger partial charge in [0.1, 0.15) is 22.8 Å². The Morgan fingerprint density at radius 3 is 2.69 bits per heavy atom. The molecule has 2 heterocycles. The number of aromatic nitrogens is 1. The van der Waals surface area contributed by atoms with Crippen LogP contribution in [0.2, 0.25) is 0 Å². The van der Waals surface area contributed by atoms with E-state index in [1.807, 2.05) is 67.6 Å². The largest absolute Gasteiger partial charge is 0.493 e. The molecule has 0 bridgehead atoms. The summed E-state index contributed by atoms with van der Waals surface area (Å²) in [4.78, 5) is 4.11. The summed E-state index contributed by atoms with van der Waals surface area (Å²) in [6.45, 7) is 2.69. The summed E-state index contributed by atoms with van der Waals surface area (Å²) in [7, 11) is -3.55. The minimum absolute atomic E-state index is 0.0926. The zero-order valence-electron chi connectivity index (χ0n) is 19.8. The fourth-order valence-electron chi connectivity index (χ4n) is 4.04. The smallest absolute Gasteiger partial charge is 0.218 e. The minimum Gasteiger partial charge on any atom is -0.493 e. The quantitative estimate of drug-likeness (QED) is 0.278. The Morgan fingerprint density at radius 1 is 1.09 bits per heavy atom. The zero-order valence-corrected chi connectivity index (χ0v) is 20.6. The predicted molar refractivity (Wildman–Crippen MR) is 138 cm³/mol. The lowest BCUT2D eigenvalue weighted by atomic mass is 10.1.